The number of hydrogen-bond donors (Lipinski definition) is 2. The van der Waals surface area contributed by atoms with Crippen molar-refractivity contribution in [2.45, 2.75) is 44.9 Å². The normalized spacial score (nSPS) is 20.5. The molecule has 2 aromatic rings. The second kappa shape index (κ2) is 12.2. The lowest BCUT2D eigenvalue weighted by atomic mass is 10.0. The van der Waals surface area contributed by atoms with Crippen LogP contribution in [0, 0.1) is 12.7 Å². The van der Waals surface area contributed by atoms with Gasteiger partial charge in [0.05, 0.1) is 18.8 Å². The van der Waals surface area contributed by atoms with Gasteiger partial charge in [-0.05, 0) is 36.6 Å². The van der Waals surface area contributed by atoms with Crippen molar-refractivity contribution in [3.05, 3.63) is 64.5 Å². The van der Waals surface area contributed by atoms with E-state index in [0.29, 0.717) is 35.8 Å². The molecule has 2 aromatic carbocycles. The summed E-state index contributed by atoms with van der Waals surface area (Å²) in [5.74, 6) is -2.12. The van der Waals surface area contributed by atoms with Gasteiger partial charge in [0.25, 0.3) is 5.91 Å². The molecule has 11 heteroatoms. The van der Waals surface area contributed by atoms with Crippen molar-refractivity contribution in [3.8, 4) is 0 Å². The number of nitrogens with one attached hydrogen (secondary N) is 2. The van der Waals surface area contributed by atoms with Crippen LogP contribution >= 0.6 is 0 Å². The van der Waals surface area contributed by atoms with Gasteiger partial charge < -0.3 is 10.1 Å². The van der Waals surface area contributed by atoms with Crippen LogP contribution < -0.4 is 10.6 Å². The summed E-state index contributed by atoms with van der Waals surface area (Å²) in [5, 5.41) is 5.31. The van der Waals surface area contributed by atoms with Crippen LogP contribution in [0.1, 0.15) is 39.9 Å². The summed E-state index contributed by atoms with van der Waals surface area (Å²) in [6.45, 7) is 7.95. The maximum absolute atomic E-state index is 15.1. The molecule has 3 saturated heterocycles. The predicted octanol–water partition coefficient (Wildman–Crippen LogP) is 1.67. The molecule has 3 aliphatic rings. The summed E-state index contributed by atoms with van der Waals surface area (Å²) in [5.41, 5.74) is 2.57. The second-order valence-electron chi connectivity index (χ2n) is 10.6. The minimum atomic E-state index is -1.07. The lowest BCUT2D eigenvalue weighted by molar-refractivity contribution is -0.139. The molecule has 0 radical (unpaired) electrons. The first kappa shape index (κ1) is 27.9. The molecule has 1 unspecified atom stereocenters. The third-order valence-corrected chi connectivity index (χ3v) is 7.87. The third kappa shape index (κ3) is 6.06. The number of rotatable bonds is 9. The van der Waals surface area contributed by atoms with E-state index in [4.69, 9.17) is 4.74 Å². The summed E-state index contributed by atoms with van der Waals surface area (Å²) >= 11 is 0. The standard InChI is InChI=1S/C29H34FN5O5/c1-19-3-2-4-24(27(19)29(39)35(18-36)25-7-8-26(37)32-28(25)38)31-14-21-6-5-20(13-23(21)30)15-33-16-22(17-33)34-9-11-40-12-10-34/h2-6,13,18,22,25,31H,7-12,14-17H2,1H3,(H,32,37,38). The molecular weight excluding hydrogens is 517 g/mol. The highest BCUT2D eigenvalue weighted by atomic mass is 19.1. The number of nitrogens with zero attached hydrogens (tertiary/aromatic N) is 3. The van der Waals surface area contributed by atoms with Gasteiger partial charge in [-0.1, -0.05) is 24.3 Å². The number of carbonyl (C=O) groups is 4. The van der Waals surface area contributed by atoms with Crippen LogP contribution in [0.4, 0.5) is 10.1 Å². The number of anilines is 1. The van der Waals surface area contributed by atoms with E-state index >= 15 is 4.39 Å². The molecule has 0 saturated carbocycles. The Morgan fingerprint density at radius 2 is 1.98 bits per heavy atom. The highest BCUT2D eigenvalue weighted by molar-refractivity contribution is 6.09. The summed E-state index contributed by atoms with van der Waals surface area (Å²) in [4.78, 5) is 54.7. The van der Waals surface area contributed by atoms with Gasteiger partial charge in [0, 0.05) is 63.0 Å². The lowest BCUT2D eigenvalue weighted by Gasteiger charge is -2.46. The Bertz CT molecular complexity index is 1290. The van der Waals surface area contributed by atoms with Gasteiger partial charge in [-0.25, -0.2) is 4.39 Å². The first-order valence-corrected chi connectivity index (χ1v) is 13.6. The van der Waals surface area contributed by atoms with Gasteiger partial charge in [0.1, 0.15) is 11.9 Å². The average molecular weight is 552 g/mol. The van der Waals surface area contributed by atoms with Crippen molar-refractivity contribution >= 4 is 29.8 Å². The largest absolute Gasteiger partial charge is 0.380 e. The van der Waals surface area contributed by atoms with Crippen LogP contribution in [-0.2, 0) is 32.2 Å². The molecule has 212 valence electrons. The Kier molecular flexibility index (Phi) is 8.53. The smallest absolute Gasteiger partial charge is 0.263 e. The molecule has 3 aliphatic heterocycles. The fourth-order valence-corrected chi connectivity index (χ4v) is 5.56. The number of likely N-dealkylation sites (tertiary alicyclic amines) is 1. The predicted molar refractivity (Wildman–Crippen MR) is 145 cm³/mol. The summed E-state index contributed by atoms with van der Waals surface area (Å²) in [7, 11) is 0. The van der Waals surface area contributed by atoms with Gasteiger partial charge in [0.2, 0.25) is 18.2 Å². The highest BCUT2D eigenvalue weighted by Gasteiger charge is 2.36. The molecule has 0 spiro atoms. The molecule has 0 aliphatic carbocycles. The molecule has 3 fully saturated rings. The van der Waals surface area contributed by atoms with Gasteiger partial charge in [-0.15, -0.1) is 0 Å². The Labute approximate surface area is 232 Å². The first-order chi connectivity index (χ1) is 19.3. The Morgan fingerprint density at radius 1 is 1.20 bits per heavy atom. The fraction of sp³-hybridized carbons (Fsp3) is 0.448. The summed E-state index contributed by atoms with van der Waals surface area (Å²) in [6.07, 6.45) is 0.416. The quantitative estimate of drug-likeness (QED) is 0.358. The van der Waals surface area contributed by atoms with Crippen molar-refractivity contribution in [1.29, 1.82) is 0 Å². The molecule has 0 aromatic heterocycles. The lowest BCUT2D eigenvalue weighted by Crippen LogP contribution is -2.60. The van der Waals surface area contributed by atoms with Gasteiger partial charge in [0.15, 0.2) is 0 Å². The topological polar surface area (TPSA) is 111 Å². The minimum absolute atomic E-state index is 0.0361. The highest BCUT2D eigenvalue weighted by Crippen LogP contribution is 2.25. The molecular formula is C29H34FN5O5. The summed E-state index contributed by atoms with van der Waals surface area (Å²) < 4.78 is 20.5. The van der Waals surface area contributed by atoms with Crippen LogP contribution in [0.15, 0.2) is 36.4 Å². The van der Waals surface area contributed by atoms with Gasteiger partial charge in [-0.3, -0.25) is 39.2 Å². The number of halogens is 1. The maximum atomic E-state index is 15.1. The van der Waals surface area contributed by atoms with Gasteiger partial charge >= 0.3 is 0 Å². The van der Waals surface area contributed by atoms with E-state index in [-0.39, 0.29) is 30.8 Å². The summed E-state index contributed by atoms with van der Waals surface area (Å²) in [6, 6.07) is 9.83. The number of benzene rings is 2. The number of ether oxygens (including phenoxy) is 1. The molecule has 5 rings (SSSR count). The second-order valence-corrected chi connectivity index (χ2v) is 10.6. The number of morpholine rings is 1. The zero-order chi connectivity index (χ0) is 28.2. The van der Waals surface area contributed by atoms with E-state index in [2.05, 4.69) is 20.4 Å². The Morgan fingerprint density at radius 3 is 2.67 bits per heavy atom. The van der Waals surface area contributed by atoms with E-state index in [9.17, 15) is 19.2 Å². The van der Waals surface area contributed by atoms with E-state index < -0.39 is 23.8 Å². The zero-order valence-electron chi connectivity index (χ0n) is 22.5. The van der Waals surface area contributed by atoms with Crippen molar-refractivity contribution in [2.24, 2.45) is 0 Å². The van der Waals surface area contributed by atoms with Crippen LogP contribution in [-0.4, -0.2) is 90.3 Å². The number of hydrogen-bond acceptors (Lipinski definition) is 8. The van der Waals surface area contributed by atoms with E-state index in [1.807, 2.05) is 6.07 Å². The van der Waals surface area contributed by atoms with Crippen LogP contribution in [0.25, 0.3) is 0 Å². The van der Waals surface area contributed by atoms with Crippen LogP contribution in [0.3, 0.4) is 0 Å². The molecule has 3 heterocycles. The molecule has 40 heavy (non-hydrogen) atoms. The van der Waals surface area contributed by atoms with Crippen molar-refractivity contribution in [2.75, 3.05) is 44.7 Å². The fourth-order valence-electron chi connectivity index (χ4n) is 5.56. The van der Waals surface area contributed by atoms with Crippen molar-refractivity contribution < 1.29 is 28.3 Å². The molecule has 2 N–H and O–H groups in total. The van der Waals surface area contributed by atoms with Gasteiger partial charge in [-0.2, -0.15) is 0 Å². The number of imide groups is 2. The Balaban J connectivity index is 1.22. The van der Waals surface area contributed by atoms with Crippen LogP contribution in [0.2, 0.25) is 0 Å². The van der Waals surface area contributed by atoms with Crippen molar-refractivity contribution in [3.63, 3.8) is 0 Å². The molecule has 0 bridgehead atoms. The zero-order valence-corrected chi connectivity index (χ0v) is 22.5. The average Bonchev–Trinajstić information content (AvgIpc) is 2.92. The Hall–Kier alpha value is -3.67. The SMILES string of the molecule is Cc1cccc(NCc2ccc(CN3CC(N4CCOCC4)C3)cc2F)c1C(=O)N(C=O)C1CCC(=O)NC1=O. The number of piperidine rings is 1. The monoisotopic (exact) mass is 551 g/mol. The number of amides is 4. The number of aryl methyl sites for hydroxylation is 1. The van der Waals surface area contributed by atoms with E-state index in [1.54, 1.807) is 37.3 Å². The first-order valence-electron chi connectivity index (χ1n) is 13.6. The van der Waals surface area contributed by atoms with Crippen molar-refractivity contribution in [1.82, 2.24) is 20.0 Å². The third-order valence-electron chi connectivity index (χ3n) is 7.87. The molecule has 10 nitrogen and oxygen atoms in total. The minimum Gasteiger partial charge on any atom is -0.380 e. The van der Waals surface area contributed by atoms with E-state index in [0.717, 1.165) is 49.9 Å². The number of carbonyl (C=O) groups excluding carboxylic acids is 4. The molecule has 1 atom stereocenters. The van der Waals surface area contributed by atoms with Crippen LogP contribution in [0.5, 0.6) is 0 Å². The van der Waals surface area contributed by atoms with E-state index in [1.165, 1.54) is 0 Å². The molecule has 4 amide bonds. The maximum Gasteiger partial charge on any atom is 0.263 e.